The van der Waals surface area contributed by atoms with E-state index in [1.54, 1.807) is 0 Å². The summed E-state index contributed by atoms with van der Waals surface area (Å²) in [7, 11) is 0. The number of carbonyl (C=O) groups is 1. The molecule has 0 saturated carbocycles. The number of rotatable bonds is 3. The molecule has 0 aromatic carbocycles. The van der Waals surface area contributed by atoms with Gasteiger partial charge in [0.15, 0.2) is 0 Å². The number of hydrogen-bond acceptors (Lipinski definition) is 4. The minimum atomic E-state index is 0.0976. The van der Waals surface area contributed by atoms with E-state index >= 15 is 0 Å². The molecular weight excluding hydrogens is 274 g/mol. The number of nitrogens with one attached hydrogen (secondary N) is 2. The van der Waals surface area contributed by atoms with Crippen LogP contribution in [0, 0.1) is 23.2 Å². The van der Waals surface area contributed by atoms with Crippen molar-refractivity contribution in [2.45, 2.75) is 65.7 Å². The molecule has 3 aliphatic heterocycles. The Morgan fingerprint density at radius 1 is 1.27 bits per heavy atom. The maximum atomic E-state index is 12.7. The van der Waals surface area contributed by atoms with Crippen molar-refractivity contribution in [1.29, 1.82) is 0 Å². The van der Waals surface area contributed by atoms with Gasteiger partial charge in [-0.15, -0.1) is 0 Å². The normalized spacial score (nSPS) is 42.2. The van der Waals surface area contributed by atoms with Crippen molar-refractivity contribution >= 4 is 5.78 Å². The van der Waals surface area contributed by atoms with Gasteiger partial charge in [0.25, 0.3) is 0 Å². The molecule has 3 heterocycles. The van der Waals surface area contributed by atoms with Gasteiger partial charge in [-0.3, -0.25) is 15.0 Å². The molecule has 0 radical (unpaired) electrons. The predicted molar refractivity (Wildman–Crippen MR) is 89.6 cm³/mol. The molecule has 6 atom stereocenters. The predicted octanol–water partition coefficient (Wildman–Crippen LogP) is 1.86. The summed E-state index contributed by atoms with van der Waals surface area (Å²) in [6.07, 6.45) is 2.27. The lowest BCUT2D eigenvalue weighted by molar-refractivity contribution is -0.126. The molecule has 0 bridgehead atoms. The van der Waals surface area contributed by atoms with Crippen LogP contribution in [0.25, 0.3) is 0 Å². The summed E-state index contributed by atoms with van der Waals surface area (Å²) in [5.41, 5.74) is 0.163. The smallest absolute Gasteiger partial charge is 0.150 e. The van der Waals surface area contributed by atoms with Gasteiger partial charge in [-0.1, -0.05) is 34.6 Å². The Morgan fingerprint density at radius 2 is 2.00 bits per heavy atom. The van der Waals surface area contributed by atoms with E-state index in [0.29, 0.717) is 42.2 Å². The van der Waals surface area contributed by atoms with E-state index in [0.717, 1.165) is 19.6 Å². The van der Waals surface area contributed by atoms with Crippen LogP contribution >= 0.6 is 0 Å². The van der Waals surface area contributed by atoms with Gasteiger partial charge in [0.2, 0.25) is 0 Å². The number of likely N-dealkylation sites (N-methyl/N-ethyl adjacent to an activating group) is 1. The summed E-state index contributed by atoms with van der Waals surface area (Å²) in [5, 5.41) is 7.49. The average molecular weight is 307 g/mol. The first-order valence-corrected chi connectivity index (χ1v) is 9.15. The first-order chi connectivity index (χ1) is 10.4. The molecule has 4 heteroatoms. The zero-order chi connectivity index (χ0) is 16.1. The van der Waals surface area contributed by atoms with Crippen molar-refractivity contribution < 1.29 is 4.79 Å². The molecular formula is C18H33N3O. The second kappa shape index (κ2) is 5.88. The largest absolute Gasteiger partial charge is 0.316 e. The van der Waals surface area contributed by atoms with E-state index < -0.39 is 0 Å². The minimum Gasteiger partial charge on any atom is -0.316 e. The molecule has 2 N–H and O–H groups in total. The summed E-state index contributed by atoms with van der Waals surface area (Å²) in [5.74, 6) is 2.15. The maximum absolute atomic E-state index is 12.7. The van der Waals surface area contributed by atoms with Crippen LogP contribution in [0.4, 0.5) is 0 Å². The molecule has 0 spiro atoms. The van der Waals surface area contributed by atoms with Crippen molar-refractivity contribution in [2.75, 3.05) is 19.6 Å². The SMILES string of the molecule is CCC(=O)C1C(C(C)(C)C)C2C3CNCCC3NC2N1CC. The lowest BCUT2D eigenvalue weighted by atomic mass is 9.66. The van der Waals surface area contributed by atoms with E-state index in [-0.39, 0.29) is 11.5 Å². The second-order valence-corrected chi connectivity index (χ2v) is 8.44. The van der Waals surface area contributed by atoms with Crippen LogP contribution in [-0.4, -0.2) is 48.6 Å². The minimum absolute atomic E-state index is 0.0976. The van der Waals surface area contributed by atoms with Crippen molar-refractivity contribution in [3.8, 4) is 0 Å². The molecule has 0 amide bonds. The van der Waals surface area contributed by atoms with Crippen LogP contribution in [0.3, 0.4) is 0 Å². The fourth-order valence-electron chi connectivity index (χ4n) is 5.47. The van der Waals surface area contributed by atoms with Crippen molar-refractivity contribution in [1.82, 2.24) is 15.5 Å². The van der Waals surface area contributed by atoms with Gasteiger partial charge in [-0.05, 0) is 49.2 Å². The second-order valence-electron chi connectivity index (χ2n) is 8.44. The average Bonchev–Trinajstić information content (AvgIpc) is 2.99. The Kier molecular flexibility index (Phi) is 4.39. The summed E-state index contributed by atoms with van der Waals surface area (Å²) in [6.45, 7) is 14.4. The third-order valence-electron chi connectivity index (χ3n) is 6.29. The molecule has 0 aromatic rings. The number of piperidine rings is 1. The standard InChI is InChI=1S/C18H33N3O/c1-6-13(22)16-15(18(3,4)5)14-11-10-19-9-8-12(11)20-17(14)21(16)7-2/h11-12,14-17,19-20H,6-10H2,1-5H3. The molecule has 126 valence electrons. The monoisotopic (exact) mass is 307 g/mol. The highest BCUT2D eigenvalue weighted by Crippen LogP contribution is 2.52. The van der Waals surface area contributed by atoms with Crippen LogP contribution in [0.5, 0.6) is 0 Å². The summed E-state index contributed by atoms with van der Waals surface area (Å²) in [4.78, 5) is 15.2. The van der Waals surface area contributed by atoms with Crippen molar-refractivity contribution in [3.63, 3.8) is 0 Å². The van der Waals surface area contributed by atoms with E-state index in [1.165, 1.54) is 6.42 Å². The number of Topliss-reactive ketones (excluding diaryl/α,β-unsaturated/α-hetero) is 1. The Labute approximate surface area is 135 Å². The Hall–Kier alpha value is -0.450. The highest BCUT2D eigenvalue weighted by Gasteiger charge is 2.61. The molecule has 3 fully saturated rings. The Bertz CT molecular complexity index is 431. The van der Waals surface area contributed by atoms with Gasteiger partial charge in [0.05, 0.1) is 12.2 Å². The van der Waals surface area contributed by atoms with E-state index in [9.17, 15) is 4.79 Å². The number of hydrogen-bond donors (Lipinski definition) is 2. The number of carbonyl (C=O) groups excluding carboxylic acids is 1. The molecule has 0 aliphatic carbocycles. The van der Waals surface area contributed by atoms with Gasteiger partial charge < -0.3 is 5.32 Å². The first-order valence-electron chi connectivity index (χ1n) is 9.15. The van der Waals surface area contributed by atoms with E-state index in [4.69, 9.17) is 0 Å². The summed E-state index contributed by atoms with van der Waals surface area (Å²) < 4.78 is 0. The molecule has 6 unspecified atom stereocenters. The fraction of sp³-hybridized carbons (Fsp3) is 0.944. The zero-order valence-corrected chi connectivity index (χ0v) is 14.9. The molecule has 3 aliphatic rings. The van der Waals surface area contributed by atoms with E-state index in [1.807, 2.05) is 6.92 Å². The Balaban J connectivity index is 1.99. The van der Waals surface area contributed by atoms with E-state index in [2.05, 4.69) is 43.2 Å². The third kappa shape index (κ3) is 2.44. The topological polar surface area (TPSA) is 44.4 Å². The molecule has 3 rings (SSSR count). The highest BCUT2D eigenvalue weighted by molar-refractivity contribution is 5.84. The molecule has 0 aromatic heterocycles. The van der Waals surface area contributed by atoms with Crippen molar-refractivity contribution in [2.24, 2.45) is 23.2 Å². The lowest BCUT2D eigenvalue weighted by Crippen LogP contribution is -2.52. The Morgan fingerprint density at radius 3 is 2.59 bits per heavy atom. The van der Waals surface area contributed by atoms with Crippen LogP contribution in [0.2, 0.25) is 0 Å². The number of nitrogens with zero attached hydrogens (tertiary/aromatic N) is 1. The van der Waals surface area contributed by atoms with Crippen LogP contribution < -0.4 is 10.6 Å². The molecule has 3 saturated heterocycles. The van der Waals surface area contributed by atoms with Crippen LogP contribution in [0.1, 0.15) is 47.5 Å². The quantitative estimate of drug-likeness (QED) is 0.835. The van der Waals surface area contributed by atoms with Gasteiger partial charge in [0.1, 0.15) is 5.78 Å². The van der Waals surface area contributed by atoms with Crippen LogP contribution in [0.15, 0.2) is 0 Å². The zero-order valence-electron chi connectivity index (χ0n) is 14.9. The number of fused-ring (bicyclic) bond motifs is 3. The fourth-order valence-corrected chi connectivity index (χ4v) is 5.47. The van der Waals surface area contributed by atoms with Crippen LogP contribution in [-0.2, 0) is 4.79 Å². The summed E-state index contributed by atoms with van der Waals surface area (Å²) >= 11 is 0. The van der Waals surface area contributed by atoms with Crippen molar-refractivity contribution in [3.05, 3.63) is 0 Å². The van der Waals surface area contributed by atoms with Gasteiger partial charge in [0, 0.05) is 12.5 Å². The number of likely N-dealkylation sites (tertiary alicyclic amines) is 1. The third-order valence-corrected chi connectivity index (χ3v) is 6.29. The molecule has 22 heavy (non-hydrogen) atoms. The van der Waals surface area contributed by atoms with Gasteiger partial charge >= 0.3 is 0 Å². The first kappa shape index (κ1) is 16.4. The van der Waals surface area contributed by atoms with Gasteiger partial charge in [-0.25, -0.2) is 0 Å². The lowest BCUT2D eigenvalue weighted by Gasteiger charge is -2.40. The highest BCUT2D eigenvalue weighted by atomic mass is 16.1. The van der Waals surface area contributed by atoms with Gasteiger partial charge in [-0.2, -0.15) is 0 Å². The summed E-state index contributed by atoms with van der Waals surface area (Å²) in [6, 6.07) is 0.730. The molecule has 4 nitrogen and oxygen atoms in total. The number of ketones is 1. The maximum Gasteiger partial charge on any atom is 0.150 e.